The number of pyridine rings is 1. The summed E-state index contributed by atoms with van der Waals surface area (Å²) in [4.78, 5) is 42.5. The number of hydrogen-bond acceptors (Lipinski definition) is 6. The van der Waals surface area contributed by atoms with E-state index in [1.54, 1.807) is 36.7 Å². The molecular formula is C26H17N3O5. The molecule has 5 rings (SSSR count). The summed E-state index contributed by atoms with van der Waals surface area (Å²) in [6.07, 6.45) is 3.09. The van der Waals surface area contributed by atoms with Crippen LogP contribution in [-0.4, -0.2) is 26.7 Å². The predicted molar refractivity (Wildman–Crippen MR) is 126 cm³/mol. The number of hydrogen-bond donors (Lipinski definition) is 1. The maximum absolute atomic E-state index is 13.3. The van der Waals surface area contributed by atoms with Crippen molar-refractivity contribution in [1.82, 2.24) is 4.98 Å². The number of carbonyl (C=O) groups excluding carboxylic acids is 2. The van der Waals surface area contributed by atoms with Crippen LogP contribution in [0.25, 0.3) is 16.5 Å². The number of benzene rings is 3. The van der Waals surface area contributed by atoms with Gasteiger partial charge in [-0.15, -0.1) is 0 Å². The Labute approximate surface area is 193 Å². The monoisotopic (exact) mass is 451 g/mol. The van der Waals surface area contributed by atoms with E-state index >= 15 is 0 Å². The summed E-state index contributed by atoms with van der Waals surface area (Å²) < 4.78 is 0. The number of aromatic nitrogens is 1. The topological polar surface area (TPSA) is 114 Å². The Morgan fingerprint density at radius 3 is 2.29 bits per heavy atom. The lowest BCUT2D eigenvalue weighted by Crippen LogP contribution is -2.29. The molecule has 1 saturated heterocycles. The van der Waals surface area contributed by atoms with Crippen LogP contribution in [0.2, 0.25) is 0 Å². The van der Waals surface area contributed by atoms with Gasteiger partial charge in [0.15, 0.2) is 0 Å². The number of nitro groups is 1. The van der Waals surface area contributed by atoms with Crippen LogP contribution in [0.15, 0.2) is 96.8 Å². The highest BCUT2D eigenvalue weighted by atomic mass is 16.6. The molecular weight excluding hydrogens is 434 g/mol. The maximum Gasteiger partial charge on any atom is 0.300 e. The van der Waals surface area contributed by atoms with Gasteiger partial charge < -0.3 is 5.11 Å². The Morgan fingerprint density at radius 2 is 1.59 bits per heavy atom. The average molecular weight is 451 g/mol. The number of ketones is 1. The molecule has 4 aromatic rings. The summed E-state index contributed by atoms with van der Waals surface area (Å²) in [5, 5.41) is 23.8. The van der Waals surface area contributed by atoms with Gasteiger partial charge in [-0.2, -0.15) is 0 Å². The number of nitro benzene ring substituents is 1. The molecule has 8 nitrogen and oxygen atoms in total. The summed E-state index contributed by atoms with van der Waals surface area (Å²) in [6, 6.07) is 20.6. The fourth-order valence-electron chi connectivity index (χ4n) is 4.26. The Bertz CT molecular complexity index is 1470. The van der Waals surface area contributed by atoms with E-state index in [0.29, 0.717) is 11.3 Å². The van der Waals surface area contributed by atoms with Gasteiger partial charge in [-0.25, -0.2) is 0 Å². The third kappa shape index (κ3) is 3.38. The largest absolute Gasteiger partial charge is 0.507 e. The summed E-state index contributed by atoms with van der Waals surface area (Å²) >= 11 is 0. The van der Waals surface area contributed by atoms with Crippen molar-refractivity contribution in [2.45, 2.75) is 6.04 Å². The number of anilines is 1. The molecule has 0 saturated carbocycles. The molecule has 0 bridgehead atoms. The molecule has 1 aromatic heterocycles. The minimum Gasteiger partial charge on any atom is -0.507 e. The minimum atomic E-state index is -0.913. The van der Waals surface area contributed by atoms with Gasteiger partial charge in [0.25, 0.3) is 17.4 Å². The number of rotatable bonds is 4. The van der Waals surface area contributed by atoms with Crippen LogP contribution in [0, 0.1) is 10.1 Å². The molecule has 0 radical (unpaired) electrons. The van der Waals surface area contributed by atoms with Crippen molar-refractivity contribution in [2.75, 3.05) is 4.90 Å². The van der Waals surface area contributed by atoms with Crippen LogP contribution in [0.3, 0.4) is 0 Å². The summed E-state index contributed by atoms with van der Waals surface area (Å²) in [7, 11) is 0. The molecule has 0 spiro atoms. The second kappa shape index (κ2) is 8.25. The Hall–Kier alpha value is -4.85. The van der Waals surface area contributed by atoms with Crippen molar-refractivity contribution in [2.24, 2.45) is 0 Å². The Balaban J connectivity index is 1.74. The quantitative estimate of drug-likeness (QED) is 0.157. The number of aliphatic hydroxyl groups excluding tert-OH is 1. The predicted octanol–water partition coefficient (Wildman–Crippen LogP) is 4.77. The van der Waals surface area contributed by atoms with Gasteiger partial charge in [-0.1, -0.05) is 36.4 Å². The van der Waals surface area contributed by atoms with E-state index in [4.69, 9.17) is 0 Å². The normalized spacial score (nSPS) is 17.3. The van der Waals surface area contributed by atoms with Gasteiger partial charge in [0.2, 0.25) is 0 Å². The van der Waals surface area contributed by atoms with Crippen molar-refractivity contribution in [3.63, 3.8) is 0 Å². The third-order valence-electron chi connectivity index (χ3n) is 5.84. The van der Waals surface area contributed by atoms with Crippen LogP contribution >= 0.6 is 0 Å². The zero-order valence-electron chi connectivity index (χ0n) is 17.7. The zero-order valence-corrected chi connectivity index (χ0v) is 17.7. The van der Waals surface area contributed by atoms with Gasteiger partial charge in [0.05, 0.1) is 22.2 Å². The molecule has 2 heterocycles. The molecule has 34 heavy (non-hydrogen) atoms. The number of fused-ring (bicyclic) bond motifs is 1. The lowest BCUT2D eigenvalue weighted by atomic mass is 9.95. The smallest absolute Gasteiger partial charge is 0.300 e. The lowest BCUT2D eigenvalue weighted by Gasteiger charge is -2.26. The van der Waals surface area contributed by atoms with E-state index in [-0.39, 0.29) is 16.8 Å². The molecule has 1 unspecified atom stereocenters. The molecule has 8 heteroatoms. The Morgan fingerprint density at radius 1 is 0.912 bits per heavy atom. The second-order valence-corrected chi connectivity index (χ2v) is 7.75. The summed E-state index contributed by atoms with van der Waals surface area (Å²) in [5.74, 6) is -2.02. The van der Waals surface area contributed by atoms with E-state index in [9.17, 15) is 24.8 Å². The van der Waals surface area contributed by atoms with Gasteiger partial charge in [-0.3, -0.25) is 29.6 Å². The number of aliphatic hydroxyl groups is 1. The van der Waals surface area contributed by atoms with E-state index in [1.807, 2.05) is 30.3 Å². The minimum absolute atomic E-state index is 0.0991. The number of non-ortho nitro benzene ring substituents is 1. The Kier molecular flexibility index (Phi) is 5.10. The molecule has 1 fully saturated rings. The first-order chi connectivity index (χ1) is 16.5. The molecule has 1 atom stereocenters. The highest BCUT2D eigenvalue weighted by molar-refractivity contribution is 6.52. The van der Waals surface area contributed by atoms with Crippen molar-refractivity contribution in [3.05, 3.63) is 118 Å². The lowest BCUT2D eigenvalue weighted by molar-refractivity contribution is -0.384. The van der Waals surface area contributed by atoms with Gasteiger partial charge in [-0.05, 0) is 41.3 Å². The summed E-state index contributed by atoms with van der Waals surface area (Å²) in [5.41, 5.74) is 1.06. The summed E-state index contributed by atoms with van der Waals surface area (Å²) in [6.45, 7) is 0. The van der Waals surface area contributed by atoms with Crippen molar-refractivity contribution < 1.29 is 19.6 Å². The molecule has 1 aliphatic rings. The second-order valence-electron chi connectivity index (χ2n) is 7.75. The molecule has 166 valence electrons. The first-order valence-corrected chi connectivity index (χ1v) is 10.4. The fraction of sp³-hybridized carbons (Fsp3) is 0.0385. The maximum atomic E-state index is 13.3. The SMILES string of the molecule is O=C1C(=O)N(c2cccc3ccccc23)C(c2ccncc2)/C1=C(\O)c1ccc([N+](=O)[O-])cc1. The highest BCUT2D eigenvalue weighted by Crippen LogP contribution is 2.44. The number of nitrogens with zero attached hydrogens (tertiary/aromatic N) is 3. The van der Waals surface area contributed by atoms with E-state index in [1.165, 1.54) is 29.2 Å². The first-order valence-electron chi connectivity index (χ1n) is 10.4. The number of carbonyl (C=O) groups is 2. The molecule has 3 aromatic carbocycles. The highest BCUT2D eigenvalue weighted by Gasteiger charge is 2.47. The van der Waals surface area contributed by atoms with E-state index in [0.717, 1.165) is 10.8 Å². The van der Waals surface area contributed by atoms with E-state index < -0.39 is 28.4 Å². The fourth-order valence-corrected chi connectivity index (χ4v) is 4.26. The van der Waals surface area contributed by atoms with E-state index in [2.05, 4.69) is 4.98 Å². The molecule has 1 aliphatic heterocycles. The number of Topliss-reactive ketones (excluding diaryl/α,β-unsaturated/α-hetero) is 1. The number of amides is 1. The van der Waals surface area contributed by atoms with Gasteiger partial charge >= 0.3 is 0 Å². The van der Waals surface area contributed by atoms with Crippen LogP contribution in [0.4, 0.5) is 11.4 Å². The van der Waals surface area contributed by atoms with Gasteiger partial charge in [0.1, 0.15) is 5.76 Å². The van der Waals surface area contributed by atoms with Crippen LogP contribution in [0.1, 0.15) is 17.2 Å². The third-order valence-corrected chi connectivity index (χ3v) is 5.84. The van der Waals surface area contributed by atoms with Crippen LogP contribution < -0.4 is 4.90 Å². The van der Waals surface area contributed by atoms with Crippen LogP contribution in [0.5, 0.6) is 0 Å². The first kappa shape index (κ1) is 21.0. The van der Waals surface area contributed by atoms with Crippen molar-refractivity contribution in [1.29, 1.82) is 0 Å². The van der Waals surface area contributed by atoms with Crippen molar-refractivity contribution >= 4 is 39.6 Å². The molecule has 0 aliphatic carbocycles. The van der Waals surface area contributed by atoms with Crippen LogP contribution in [-0.2, 0) is 9.59 Å². The zero-order chi connectivity index (χ0) is 23.8. The van der Waals surface area contributed by atoms with Gasteiger partial charge in [0, 0.05) is 35.5 Å². The molecule has 1 N–H and O–H groups in total. The standard InChI is InChI=1S/C26H17N3O5/c30-24(18-8-10-19(11-9-18)29(33)34)22-23(17-12-14-27-15-13-17)28(26(32)25(22)31)21-7-3-5-16-4-1-2-6-20(16)21/h1-15,23,30H/b24-22+. The average Bonchev–Trinajstić information content (AvgIpc) is 3.14. The van der Waals surface area contributed by atoms with Crippen molar-refractivity contribution in [3.8, 4) is 0 Å². The molecule has 1 amide bonds.